The lowest BCUT2D eigenvalue weighted by atomic mass is 10.1. The second-order valence-electron chi connectivity index (χ2n) is 8.08. The fourth-order valence-corrected chi connectivity index (χ4v) is 5.51. The minimum atomic E-state index is -4.23. The molecular formula is C26H27Cl2N3O5S. The molecule has 37 heavy (non-hydrogen) atoms. The minimum Gasteiger partial charge on any atom is -0.497 e. The number of hydrogen-bond donors (Lipinski definition) is 1. The van der Waals surface area contributed by atoms with Crippen LogP contribution in [0.25, 0.3) is 0 Å². The van der Waals surface area contributed by atoms with Crippen molar-refractivity contribution in [3.8, 4) is 5.75 Å². The van der Waals surface area contributed by atoms with Crippen molar-refractivity contribution in [2.24, 2.45) is 0 Å². The zero-order valence-electron chi connectivity index (χ0n) is 20.5. The Morgan fingerprint density at radius 3 is 2.24 bits per heavy atom. The number of hydrogen-bond acceptors (Lipinski definition) is 5. The Hall–Kier alpha value is -3.27. The molecule has 0 fully saturated rings. The lowest BCUT2D eigenvalue weighted by Crippen LogP contribution is -2.50. The number of halogens is 2. The highest BCUT2D eigenvalue weighted by Crippen LogP contribution is 2.33. The Labute approximate surface area is 226 Å². The molecule has 1 N–H and O–H groups in total. The molecule has 0 aliphatic heterocycles. The number of methoxy groups -OCH3 is 1. The van der Waals surface area contributed by atoms with Crippen molar-refractivity contribution in [1.82, 2.24) is 10.2 Å². The van der Waals surface area contributed by atoms with E-state index in [1.165, 1.54) is 42.3 Å². The van der Waals surface area contributed by atoms with Gasteiger partial charge in [0.1, 0.15) is 18.3 Å². The van der Waals surface area contributed by atoms with Crippen LogP contribution in [0.4, 0.5) is 5.69 Å². The van der Waals surface area contributed by atoms with Crippen molar-refractivity contribution < 1.29 is 22.7 Å². The number of sulfonamides is 1. The maximum absolute atomic E-state index is 13.7. The molecule has 0 aliphatic rings. The Balaban J connectivity index is 2.05. The summed E-state index contributed by atoms with van der Waals surface area (Å²) in [6.07, 6.45) is 0. The fourth-order valence-electron chi connectivity index (χ4n) is 3.63. The van der Waals surface area contributed by atoms with E-state index in [0.717, 1.165) is 9.87 Å². The third-order valence-corrected chi connectivity index (χ3v) is 8.04. The van der Waals surface area contributed by atoms with Crippen molar-refractivity contribution in [1.29, 1.82) is 0 Å². The van der Waals surface area contributed by atoms with E-state index in [1.54, 1.807) is 56.5 Å². The predicted molar refractivity (Wildman–Crippen MR) is 145 cm³/mol. The fraction of sp³-hybridized carbons (Fsp3) is 0.231. The average Bonchev–Trinajstić information content (AvgIpc) is 2.91. The second kappa shape index (κ2) is 12.3. The number of nitrogens with zero attached hydrogens (tertiary/aromatic N) is 2. The van der Waals surface area contributed by atoms with Crippen LogP contribution in [0, 0.1) is 0 Å². The zero-order chi connectivity index (χ0) is 27.2. The molecule has 0 aliphatic carbocycles. The van der Waals surface area contributed by atoms with Gasteiger partial charge in [0, 0.05) is 18.6 Å². The summed E-state index contributed by atoms with van der Waals surface area (Å²) in [5.74, 6) is -0.376. The first-order valence-electron chi connectivity index (χ1n) is 11.2. The summed E-state index contributed by atoms with van der Waals surface area (Å²) in [6.45, 7) is 1.01. The number of amides is 2. The van der Waals surface area contributed by atoms with Gasteiger partial charge in [-0.2, -0.15) is 0 Å². The van der Waals surface area contributed by atoms with Gasteiger partial charge in [0.25, 0.3) is 10.0 Å². The largest absolute Gasteiger partial charge is 0.497 e. The Morgan fingerprint density at radius 1 is 1.00 bits per heavy atom. The van der Waals surface area contributed by atoms with Crippen LogP contribution >= 0.6 is 23.2 Å². The van der Waals surface area contributed by atoms with Crippen LogP contribution in [-0.2, 0) is 26.2 Å². The first-order chi connectivity index (χ1) is 17.6. The topological polar surface area (TPSA) is 96.0 Å². The number of carbonyl (C=O) groups is 2. The molecule has 3 rings (SSSR count). The number of likely N-dealkylation sites (N-methyl/N-ethyl adjacent to an activating group) is 1. The van der Waals surface area contributed by atoms with Gasteiger partial charge in [-0.3, -0.25) is 13.9 Å². The molecule has 0 saturated carbocycles. The summed E-state index contributed by atoms with van der Waals surface area (Å²) in [5.41, 5.74) is 0.770. The SMILES string of the molecule is CNC(=O)[C@H](C)N(Cc1ccc(OC)cc1)C(=O)CN(c1cc(Cl)ccc1Cl)S(=O)(=O)c1ccccc1. The number of nitrogens with one attached hydrogen (secondary N) is 1. The van der Waals surface area contributed by atoms with Gasteiger partial charge in [-0.25, -0.2) is 8.42 Å². The molecular weight excluding hydrogens is 537 g/mol. The molecule has 0 bridgehead atoms. The molecule has 2 amide bonds. The summed E-state index contributed by atoms with van der Waals surface area (Å²) in [7, 11) is -1.22. The highest BCUT2D eigenvalue weighted by atomic mass is 35.5. The van der Waals surface area contributed by atoms with Crippen LogP contribution in [0.3, 0.4) is 0 Å². The maximum atomic E-state index is 13.7. The maximum Gasteiger partial charge on any atom is 0.264 e. The normalized spacial score (nSPS) is 11.9. The first kappa shape index (κ1) is 28.3. The molecule has 0 radical (unpaired) electrons. The van der Waals surface area contributed by atoms with E-state index >= 15 is 0 Å². The minimum absolute atomic E-state index is 0.0279. The smallest absolute Gasteiger partial charge is 0.264 e. The third-order valence-electron chi connectivity index (χ3n) is 5.71. The molecule has 8 nitrogen and oxygen atoms in total. The van der Waals surface area contributed by atoms with Crippen molar-refractivity contribution in [2.45, 2.75) is 24.4 Å². The van der Waals surface area contributed by atoms with E-state index in [9.17, 15) is 18.0 Å². The summed E-state index contributed by atoms with van der Waals surface area (Å²) in [6, 6.07) is 18.2. The highest BCUT2D eigenvalue weighted by molar-refractivity contribution is 7.92. The van der Waals surface area contributed by atoms with Gasteiger partial charge in [-0.1, -0.05) is 53.5 Å². The number of anilines is 1. The van der Waals surface area contributed by atoms with E-state index in [-0.39, 0.29) is 27.2 Å². The highest BCUT2D eigenvalue weighted by Gasteiger charge is 2.33. The van der Waals surface area contributed by atoms with E-state index in [4.69, 9.17) is 27.9 Å². The van der Waals surface area contributed by atoms with E-state index < -0.39 is 34.4 Å². The van der Waals surface area contributed by atoms with E-state index in [2.05, 4.69) is 5.32 Å². The van der Waals surface area contributed by atoms with Crippen LogP contribution in [0.1, 0.15) is 12.5 Å². The summed E-state index contributed by atoms with van der Waals surface area (Å²) >= 11 is 12.5. The molecule has 3 aromatic rings. The molecule has 0 heterocycles. The number of rotatable bonds is 10. The quantitative estimate of drug-likeness (QED) is 0.395. The standard InChI is InChI=1S/C26H27Cl2N3O5S/c1-18(26(33)29-2)30(16-19-9-12-21(36-3)13-10-19)25(32)17-31(24-15-20(27)11-14-23(24)28)37(34,35)22-7-5-4-6-8-22/h4-15,18H,16-17H2,1-3H3,(H,29,33)/t18-/m0/s1. The molecule has 0 unspecified atom stereocenters. The zero-order valence-corrected chi connectivity index (χ0v) is 22.8. The monoisotopic (exact) mass is 563 g/mol. The van der Waals surface area contributed by atoms with Gasteiger partial charge in [0.05, 0.1) is 22.7 Å². The van der Waals surface area contributed by atoms with Gasteiger partial charge in [-0.05, 0) is 55.0 Å². The van der Waals surface area contributed by atoms with Crippen LogP contribution in [0.5, 0.6) is 5.75 Å². The number of ether oxygens (including phenoxy) is 1. The van der Waals surface area contributed by atoms with Crippen molar-refractivity contribution in [3.05, 3.63) is 88.4 Å². The molecule has 0 aromatic heterocycles. The molecule has 0 saturated heterocycles. The lowest BCUT2D eigenvalue weighted by molar-refractivity contribution is -0.139. The van der Waals surface area contributed by atoms with Gasteiger partial charge in [0.15, 0.2) is 0 Å². The molecule has 196 valence electrons. The van der Waals surface area contributed by atoms with Crippen molar-refractivity contribution in [3.63, 3.8) is 0 Å². The number of carbonyl (C=O) groups excluding carboxylic acids is 2. The van der Waals surface area contributed by atoms with Crippen LogP contribution in [0.15, 0.2) is 77.7 Å². The molecule has 1 atom stereocenters. The molecule has 3 aromatic carbocycles. The summed E-state index contributed by atoms with van der Waals surface area (Å²) in [4.78, 5) is 27.5. The Bertz CT molecular complexity index is 1350. The van der Waals surface area contributed by atoms with E-state index in [1.807, 2.05) is 0 Å². The van der Waals surface area contributed by atoms with Gasteiger partial charge < -0.3 is 15.0 Å². The number of benzene rings is 3. The van der Waals surface area contributed by atoms with Crippen LogP contribution in [-0.4, -0.2) is 51.9 Å². The third kappa shape index (κ3) is 6.74. The van der Waals surface area contributed by atoms with Crippen molar-refractivity contribution in [2.75, 3.05) is 25.0 Å². The van der Waals surface area contributed by atoms with Crippen LogP contribution in [0.2, 0.25) is 10.0 Å². The Kier molecular flexibility index (Phi) is 9.42. The van der Waals surface area contributed by atoms with Crippen molar-refractivity contribution >= 4 is 50.7 Å². The van der Waals surface area contributed by atoms with E-state index in [0.29, 0.717) is 5.75 Å². The summed E-state index contributed by atoms with van der Waals surface area (Å²) in [5, 5.41) is 2.88. The molecule has 0 spiro atoms. The van der Waals surface area contributed by atoms with Gasteiger partial charge in [0.2, 0.25) is 11.8 Å². The van der Waals surface area contributed by atoms with Gasteiger partial charge >= 0.3 is 0 Å². The van der Waals surface area contributed by atoms with Crippen LogP contribution < -0.4 is 14.4 Å². The van der Waals surface area contributed by atoms with Gasteiger partial charge in [-0.15, -0.1) is 0 Å². The Morgan fingerprint density at radius 2 is 1.65 bits per heavy atom. The molecule has 11 heteroatoms. The predicted octanol–water partition coefficient (Wildman–Crippen LogP) is 4.36. The average molecular weight is 564 g/mol. The first-order valence-corrected chi connectivity index (χ1v) is 13.4. The second-order valence-corrected chi connectivity index (χ2v) is 10.8. The lowest BCUT2D eigenvalue weighted by Gasteiger charge is -2.32. The summed E-state index contributed by atoms with van der Waals surface area (Å²) < 4.78 is 33.5.